The van der Waals surface area contributed by atoms with Gasteiger partial charge in [-0.2, -0.15) is 0 Å². The zero-order chi connectivity index (χ0) is 19.9. The Morgan fingerprint density at radius 2 is 1.16 bits per heavy atom. The van der Waals surface area contributed by atoms with Gasteiger partial charge in [-0.25, -0.2) is 0 Å². The van der Waals surface area contributed by atoms with E-state index in [2.05, 4.69) is 52.4 Å². The van der Waals surface area contributed by atoms with Crippen molar-refractivity contribution < 1.29 is 25.6 Å². The van der Waals surface area contributed by atoms with Gasteiger partial charge in [0.15, 0.2) is 17.4 Å². The standard InChI is InChI=1S/C14H40O6Si5/c1-15-25(16-2,17-3)14-12-13-22(6,7)19-24(10,11)20-23(8,9)18-21(4)5/h21H,12-14H2,1-11H3. The zero-order valence-electron chi connectivity index (χ0n) is 18.1. The molecule has 152 valence electrons. The van der Waals surface area contributed by atoms with Crippen LogP contribution in [0.15, 0.2) is 0 Å². The summed E-state index contributed by atoms with van der Waals surface area (Å²) in [6.07, 6.45) is 0.974. The quantitative estimate of drug-likeness (QED) is 0.402. The van der Waals surface area contributed by atoms with Crippen LogP contribution in [0.3, 0.4) is 0 Å². The maximum atomic E-state index is 6.58. The summed E-state index contributed by atoms with van der Waals surface area (Å²) in [5.74, 6) is 0. The Morgan fingerprint density at radius 3 is 1.56 bits per heavy atom. The molecule has 0 aromatic heterocycles. The summed E-state index contributed by atoms with van der Waals surface area (Å²) in [5, 5.41) is 0. The van der Waals surface area contributed by atoms with Gasteiger partial charge < -0.3 is 25.6 Å². The van der Waals surface area contributed by atoms with Crippen molar-refractivity contribution in [1.29, 1.82) is 0 Å². The Kier molecular flexibility index (Phi) is 10.8. The molecule has 0 aliphatic rings. The predicted octanol–water partition coefficient (Wildman–Crippen LogP) is 3.90. The molecule has 0 bridgehead atoms. The summed E-state index contributed by atoms with van der Waals surface area (Å²) in [5.41, 5.74) is 0. The molecule has 0 N–H and O–H groups in total. The molecular weight excluding hydrogens is 405 g/mol. The SMILES string of the molecule is CO[Si](CCC[Si](C)(C)O[Si](C)(C)O[Si](C)(C)O[SiH](C)C)(OC)OC. The average molecular weight is 445 g/mol. The van der Waals surface area contributed by atoms with E-state index < -0.39 is 43.3 Å². The van der Waals surface area contributed by atoms with Gasteiger partial charge in [-0.15, -0.1) is 0 Å². The van der Waals surface area contributed by atoms with E-state index in [1.54, 1.807) is 21.3 Å². The molecule has 0 saturated carbocycles. The van der Waals surface area contributed by atoms with Gasteiger partial charge in [-0.05, 0) is 64.8 Å². The highest BCUT2D eigenvalue weighted by Crippen LogP contribution is 2.27. The Labute approximate surface area is 161 Å². The number of rotatable bonds is 13. The van der Waals surface area contributed by atoms with Gasteiger partial charge in [0.2, 0.25) is 0 Å². The maximum Gasteiger partial charge on any atom is 0.500 e. The van der Waals surface area contributed by atoms with Crippen molar-refractivity contribution >= 4 is 43.3 Å². The third kappa shape index (κ3) is 10.7. The number of hydrogen-bond donors (Lipinski definition) is 0. The van der Waals surface area contributed by atoms with Crippen LogP contribution in [0.1, 0.15) is 6.42 Å². The van der Waals surface area contributed by atoms with Crippen LogP contribution in [-0.4, -0.2) is 64.6 Å². The molecule has 0 radical (unpaired) electrons. The molecular formula is C14H40O6Si5. The zero-order valence-corrected chi connectivity index (χ0v) is 23.3. The molecule has 6 nitrogen and oxygen atoms in total. The van der Waals surface area contributed by atoms with Crippen molar-refractivity contribution in [2.45, 2.75) is 70.9 Å². The van der Waals surface area contributed by atoms with Crippen LogP contribution in [0.2, 0.25) is 64.5 Å². The molecule has 0 atom stereocenters. The first-order chi connectivity index (χ1) is 11.2. The molecule has 0 aliphatic carbocycles. The molecule has 0 heterocycles. The molecule has 0 unspecified atom stereocenters. The first kappa shape index (κ1) is 25.8. The molecule has 0 aromatic rings. The van der Waals surface area contributed by atoms with Crippen LogP contribution in [0.25, 0.3) is 0 Å². The van der Waals surface area contributed by atoms with Crippen molar-refractivity contribution in [2.24, 2.45) is 0 Å². The lowest BCUT2D eigenvalue weighted by Gasteiger charge is -2.39. The number of hydrogen-bond acceptors (Lipinski definition) is 6. The largest absolute Gasteiger partial charge is 0.500 e. The lowest BCUT2D eigenvalue weighted by Crippen LogP contribution is -2.54. The summed E-state index contributed by atoms with van der Waals surface area (Å²) >= 11 is 0. The van der Waals surface area contributed by atoms with Crippen molar-refractivity contribution in [1.82, 2.24) is 0 Å². The van der Waals surface area contributed by atoms with Crippen LogP contribution < -0.4 is 0 Å². The fraction of sp³-hybridized carbons (Fsp3) is 1.00. The smallest absolute Gasteiger partial charge is 0.440 e. The van der Waals surface area contributed by atoms with Crippen molar-refractivity contribution in [3.05, 3.63) is 0 Å². The summed E-state index contributed by atoms with van der Waals surface area (Å²) in [6.45, 7) is 17.4. The average Bonchev–Trinajstić information content (AvgIpc) is 2.39. The summed E-state index contributed by atoms with van der Waals surface area (Å²) < 4.78 is 35.6. The van der Waals surface area contributed by atoms with E-state index in [-0.39, 0.29) is 0 Å². The molecule has 25 heavy (non-hydrogen) atoms. The second-order valence-corrected chi connectivity index (χ2v) is 25.5. The molecule has 0 spiro atoms. The maximum absolute atomic E-state index is 6.58. The summed E-state index contributed by atoms with van der Waals surface area (Å²) in [7, 11) is -4.81. The van der Waals surface area contributed by atoms with Crippen molar-refractivity contribution in [3.63, 3.8) is 0 Å². The van der Waals surface area contributed by atoms with Gasteiger partial charge in [0.1, 0.15) is 0 Å². The molecule has 11 heteroatoms. The summed E-state index contributed by atoms with van der Waals surface area (Å²) in [4.78, 5) is 0. The van der Waals surface area contributed by atoms with E-state index in [0.29, 0.717) is 0 Å². The van der Waals surface area contributed by atoms with Gasteiger partial charge in [0.05, 0.1) is 0 Å². The van der Waals surface area contributed by atoms with E-state index in [0.717, 1.165) is 18.5 Å². The van der Waals surface area contributed by atoms with E-state index >= 15 is 0 Å². The highest BCUT2D eigenvalue weighted by molar-refractivity contribution is 6.87. The monoisotopic (exact) mass is 444 g/mol. The second-order valence-electron chi connectivity index (χ2n) is 8.08. The van der Waals surface area contributed by atoms with Crippen LogP contribution in [0.5, 0.6) is 0 Å². The van der Waals surface area contributed by atoms with E-state index in [1.807, 2.05) is 0 Å². The third-order valence-electron chi connectivity index (χ3n) is 3.73. The highest BCUT2D eigenvalue weighted by Gasteiger charge is 2.42. The minimum atomic E-state index is -2.49. The molecule has 0 amide bonds. The molecule has 0 aromatic carbocycles. The van der Waals surface area contributed by atoms with E-state index in [4.69, 9.17) is 25.6 Å². The van der Waals surface area contributed by atoms with Crippen LogP contribution >= 0.6 is 0 Å². The molecule has 0 fully saturated rings. The molecule has 0 aliphatic heterocycles. The van der Waals surface area contributed by atoms with Crippen LogP contribution in [0.4, 0.5) is 0 Å². The lowest BCUT2D eigenvalue weighted by atomic mass is 10.6. The van der Waals surface area contributed by atoms with Gasteiger partial charge >= 0.3 is 25.9 Å². The Bertz CT molecular complexity index is 380. The van der Waals surface area contributed by atoms with Gasteiger partial charge in [-0.3, -0.25) is 0 Å². The second kappa shape index (κ2) is 10.4. The first-order valence-corrected chi connectivity index (χ1v) is 22.4. The Balaban J connectivity index is 4.67. The topological polar surface area (TPSA) is 55.4 Å². The fourth-order valence-electron chi connectivity index (χ4n) is 3.21. The normalized spacial score (nSPS) is 14.4. The predicted molar refractivity (Wildman–Crippen MR) is 116 cm³/mol. The third-order valence-corrected chi connectivity index (χ3v) is 20.4. The Hall–Kier alpha value is 0.844. The van der Waals surface area contributed by atoms with Gasteiger partial charge in [0, 0.05) is 27.4 Å². The molecule has 0 saturated heterocycles. The minimum Gasteiger partial charge on any atom is -0.440 e. The van der Waals surface area contributed by atoms with Crippen molar-refractivity contribution in [3.8, 4) is 0 Å². The van der Waals surface area contributed by atoms with Gasteiger partial charge in [0.25, 0.3) is 0 Å². The fourth-order valence-corrected chi connectivity index (χ4v) is 22.5. The highest BCUT2D eigenvalue weighted by atomic mass is 28.5. The van der Waals surface area contributed by atoms with Crippen LogP contribution in [0, 0.1) is 0 Å². The lowest BCUT2D eigenvalue weighted by molar-refractivity contribution is 0.123. The Morgan fingerprint density at radius 1 is 0.680 bits per heavy atom. The van der Waals surface area contributed by atoms with Gasteiger partial charge in [-0.1, -0.05) is 0 Å². The summed E-state index contributed by atoms with van der Waals surface area (Å²) in [6, 6.07) is 1.83. The first-order valence-electron chi connectivity index (χ1n) is 8.96. The van der Waals surface area contributed by atoms with E-state index in [1.165, 1.54) is 0 Å². The minimum absolute atomic E-state index is 0.807. The van der Waals surface area contributed by atoms with Crippen LogP contribution in [-0.2, 0) is 25.6 Å². The van der Waals surface area contributed by atoms with E-state index in [9.17, 15) is 0 Å². The van der Waals surface area contributed by atoms with Crippen molar-refractivity contribution in [2.75, 3.05) is 21.3 Å². The molecule has 0 rings (SSSR count).